The van der Waals surface area contributed by atoms with Crippen molar-refractivity contribution in [1.29, 1.82) is 0 Å². The van der Waals surface area contributed by atoms with Crippen LogP contribution in [0.4, 0.5) is 0 Å². The first-order chi connectivity index (χ1) is 31.2. The second-order valence-electron chi connectivity index (χ2n) is 18.6. The van der Waals surface area contributed by atoms with Crippen LogP contribution in [0.3, 0.4) is 0 Å². The van der Waals surface area contributed by atoms with Crippen molar-refractivity contribution in [3.8, 4) is 61.3 Å². The van der Waals surface area contributed by atoms with Crippen molar-refractivity contribution >= 4 is 54.1 Å². The van der Waals surface area contributed by atoms with Gasteiger partial charge in [-0.15, -0.1) is 0 Å². The van der Waals surface area contributed by atoms with E-state index in [2.05, 4.69) is 245 Å². The van der Waals surface area contributed by atoms with E-state index < -0.39 is 0 Å². The molecular weight excluding hydrogens is 771 g/mol. The fourth-order valence-corrected chi connectivity index (χ4v) is 10.2. The zero-order chi connectivity index (χ0) is 43.1. The van der Waals surface area contributed by atoms with Crippen LogP contribution in [0.15, 0.2) is 212 Å². The van der Waals surface area contributed by atoms with Gasteiger partial charge in [0.25, 0.3) is 0 Å². The van der Waals surface area contributed by atoms with Crippen LogP contribution in [-0.2, 0) is 5.41 Å². The van der Waals surface area contributed by atoms with Gasteiger partial charge < -0.3 is 4.57 Å². The minimum absolute atomic E-state index is 0.0597. The summed E-state index contributed by atoms with van der Waals surface area (Å²) >= 11 is 0. The fourth-order valence-electron chi connectivity index (χ4n) is 10.2. The van der Waals surface area contributed by atoms with Gasteiger partial charge in [0.15, 0.2) is 0 Å². The topological polar surface area (TPSA) is 4.93 Å². The number of aromatic nitrogens is 1. The highest BCUT2D eigenvalue weighted by Gasteiger charge is 2.21. The summed E-state index contributed by atoms with van der Waals surface area (Å²) in [7, 11) is 0. The third kappa shape index (κ3) is 6.30. The van der Waals surface area contributed by atoms with E-state index in [9.17, 15) is 0 Å². The Bertz CT molecular complexity index is 3640. The molecule has 0 saturated carbocycles. The summed E-state index contributed by atoms with van der Waals surface area (Å²) in [6, 6.07) is 79.2. The number of hydrogen-bond acceptors (Lipinski definition) is 0. The molecule has 1 heterocycles. The first-order valence-corrected chi connectivity index (χ1v) is 22.5. The average Bonchev–Trinajstić information content (AvgIpc) is 3.67. The Labute approximate surface area is 374 Å². The summed E-state index contributed by atoms with van der Waals surface area (Å²) in [6.45, 7) is 9.08. The molecule has 0 fully saturated rings. The molecule has 0 bridgehead atoms. The Morgan fingerprint density at radius 2 is 0.828 bits per heavy atom. The molecule has 12 aromatic rings. The summed E-state index contributed by atoms with van der Waals surface area (Å²) < 4.78 is 2.43. The molecule has 0 unspecified atom stereocenters. The summed E-state index contributed by atoms with van der Waals surface area (Å²) in [5.74, 6) is 0. The molecule has 0 radical (unpaired) electrons. The zero-order valence-electron chi connectivity index (χ0n) is 36.7. The Kier molecular flexibility index (Phi) is 8.71. The van der Waals surface area contributed by atoms with E-state index in [1.54, 1.807) is 0 Å². The molecule has 0 aliphatic carbocycles. The van der Waals surface area contributed by atoms with Gasteiger partial charge in [-0.05, 0) is 160 Å². The number of hydrogen-bond donors (Lipinski definition) is 0. The maximum atomic E-state index is 2.43. The highest BCUT2D eigenvalue weighted by atomic mass is 15.0. The lowest BCUT2D eigenvalue weighted by Crippen LogP contribution is -2.10. The van der Waals surface area contributed by atoms with Crippen molar-refractivity contribution in [2.75, 3.05) is 0 Å². The van der Waals surface area contributed by atoms with Crippen LogP contribution < -0.4 is 0 Å². The third-order valence-electron chi connectivity index (χ3n) is 13.5. The third-order valence-corrected chi connectivity index (χ3v) is 13.5. The molecule has 0 spiro atoms. The average molecular weight is 818 g/mol. The van der Waals surface area contributed by atoms with Crippen LogP contribution in [0.2, 0.25) is 0 Å². The lowest BCUT2D eigenvalue weighted by Gasteiger charge is -2.23. The highest BCUT2D eigenvalue weighted by molar-refractivity contribution is 6.28. The maximum absolute atomic E-state index is 2.43. The van der Waals surface area contributed by atoms with Crippen molar-refractivity contribution in [3.63, 3.8) is 0 Å². The van der Waals surface area contributed by atoms with E-state index in [0.717, 1.165) is 5.69 Å². The molecule has 1 aromatic heterocycles. The standard InChI is InChI=1S/C63H47N/c1-40-19-21-43(22-20-40)56-39-57(55-31-26-47-37-51(63(2,3)4)36-46-25-30-54(56)62(55)61(46)47)44-23-28-52(29-24-44)64-59-18-12-11-17-53(59)58-38-45(27-32-60(58)64)50-34-48(41-13-7-5-8-14-41)33-49(35-50)42-15-9-6-10-16-42/h5-39H,1-4H3. The number of para-hydroxylation sites is 1. The van der Waals surface area contributed by atoms with Gasteiger partial charge in [-0.25, -0.2) is 0 Å². The van der Waals surface area contributed by atoms with Crippen molar-refractivity contribution in [3.05, 3.63) is 223 Å². The molecule has 0 amide bonds. The molecule has 0 aliphatic heterocycles. The van der Waals surface area contributed by atoms with E-state index in [4.69, 9.17) is 0 Å². The van der Waals surface area contributed by atoms with Gasteiger partial charge in [0.2, 0.25) is 0 Å². The lowest BCUT2D eigenvalue weighted by molar-refractivity contribution is 0.591. The Morgan fingerprint density at radius 1 is 0.328 bits per heavy atom. The van der Waals surface area contributed by atoms with Gasteiger partial charge in [-0.1, -0.05) is 184 Å². The molecule has 304 valence electrons. The quantitative estimate of drug-likeness (QED) is 0.147. The molecule has 0 N–H and O–H groups in total. The summed E-state index contributed by atoms with van der Waals surface area (Å²) in [4.78, 5) is 0. The van der Waals surface area contributed by atoms with Crippen LogP contribution in [-0.4, -0.2) is 4.57 Å². The zero-order valence-corrected chi connectivity index (χ0v) is 36.7. The predicted molar refractivity (Wildman–Crippen MR) is 275 cm³/mol. The van der Waals surface area contributed by atoms with Gasteiger partial charge in [-0.3, -0.25) is 0 Å². The van der Waals surface area contributed by atoms with E-state index in [1.807, 2.05) is 0 Å². The molecule has 11 aromatic carbocycles. The lowest BCUT2D eigenvalue weighted by atomic mass is 9.81. The second kappa shape index (κ2) is 14.7. The molecule has 0 atom stereocenters. The van der Waals surface area contributed by atoms with E-state index >= 15 is 0 Å². The minimum Gasteiger partial charge on any atom is -0.309 e. The first-order valence-electron chi connectivity index (χ1n) is 22.5. The van der Waals surface area contributed by atoms with Crippen molar-refractivity contribution < 1.29 is 0 Å². The van der Waals surface area contributed by atoms with Gasteiger partial charge in [0.05, 0.1) is 11.0 Å². The molecule has 1 heteroatoms. The molecule has 64 heavy (non-hydrogen) atoms. The fraction of sp³-hybridized carbons (Fsp3) is 0.0794. The van der Waals surface area contributed by atoms with Crippen molar-refractivity contribution in [2.45, 2.75) is 33.1 Å². The van der Waals surface area contributed by atoms with E-state index in [1.165, 1.54) is 121 Å². The van der Waals surface area contributed by atoms with Crippen LogP contribution in [0, 0.1) is 6.92 Å². The largest absolute Gasteiger partial charge is 0.309 e. The van der Waals surface area contributed by atoms with Gasteiger partial charge in [0, 0.05) is 16.5 Å². The van der Waals surface area contributed by atoms with Crippen molar-refractivity contribution in [1.82, 2.24) is 4.57 Å². The molecule has 0 saturated heterocycles. The summed E-state index contributed by atoms with van der Waals surface area (Å²) in [6.07, 6.45) is 0. The predicted octanol–water partition coefficient (Wildman–Crippen LogP) is 17.6. The first kappa shape index (κ1) is 38.0. The monoisotopic (exact) mass is 817 g/mol. The molecule has 0 aliphatic rings. The van der Waals surface area contributed by atoms with Crippen LogP contribution >= 0.6 is 0 Å². The summed E-state index contributed by atoms with van der Waals surface area (Å²) in [5, 5.41) is 10.4. The van der Waals surface area contributed by atoms with E-state index in [0.29, 0.717) is 0 Å². The number of nitrogens with zero attached hydrogens (tertiary/aromatic N) is 1. The van der Waals surface area contributed by atoms with Crippen LogP contribution in [0.25, 0.3) is 115 Å². The highest BCUT2D eigenvalue weighted by Crippen LogP contribution is 2.46. The minimum atomic E-state index is 0.0597. The SMILES string of the molecule is Cc1ccc(-c2cc(-c3ccc(-n4c5ccccc5c5cc(-c6cc(-c7ccccc7)cc(-c7ccccc7)c6)ccc54)cc3)c3ccc4cc(C(C)(C)C)cc5ccc2c3c54)cc1. The smallest absolute Gasteiger partial charge is 0.0541 e. The van der Waals surface area contributed by atoms with Gasteiger partial charge in [0.1, 0.15) is 0 Å². The second-order valence-corrected chi connectivity index (χ2v) is 18.6. The molecule has 1 nitrogen and oxygen atoms in total. The Morgan fingerprint density at radius 3 is 1.41 bits per heavy atom. The number of aryl methyl sites for hydroxylation is 1. The van der Waals surface area contributed by atoms with Gasteiger partial charge >= 0.3 is 0 Å². The maximum Gasteiger partial charge on any atom is 0.0541 e. The molecular formula is C63H47N. The van der Waals surface area contributed by atoms with Crippen molar-refractivity contribution in [2.24, 2.45) is 0 Å². The normalized spacial score (nSPS) is 12.1. The number of rotatable bonds is 6. The van der Waals surface area contributed by atoms with E-state index in [-0.39, 0.29) is 5.41 Å². The van der Waals surface area contributed by atoms with Gasteiger partial charge in [-0.2, -0.15) is 0 Å². The Balaban J connectivity index is 1.01. The number of benzene rings is 11. The summed E-state index contributed by atoms with van der Waals surface area (Å²) in [5.41, 5.74) is 18.5. The Hall–Kier alpha value is -7.74. The number of fused-ring (bicyclic) bond motifs is 3. The van der Waals surface area contributed by atoms with Crippen LogP contribution in [0.5, 0.6) is 0 Å². The molecule has 12 rings (SSSR count). The van der Waals surface area contributed by atoms with Crippen LogP contribution in [0.1, 0.15) is 31.9 Å².